The summed E-state index contributed by atoms with van der Waals surface area (Å²) >= 11 is 12.6. The lowest BCUT2D eigenvalue weighted by Crippen LogP contribution is -2.53. The van der Waals surface area contributed by atoms with E-state index >= 15 is 0 Å². The largest absolute Gasteiger partial charge is 0.352 e. The summed E-state index contributed by atoms with van der Waals surface area (Å²) in [6, 6.07) is 17.7. The van der Waals surface area contributed by atoms with E-state index in [1.165, 1.54) is 17.0 Å². The number of nitrogens with zero attached hydrogens (tertiary/aromatic N) is 2. The maximum atomic E-state index is 14.2. The molecule has 0 unspecified atom stereocenters. The zero-order valence-corrected chi connectivity index (χ0v) is 26.5. The van der Waals surface area contributed by atoms with Gasteiger partial charge in [-0.1, -0.05) is 78.9 Å². The maximum absolute atomic E-state index is 14.2. The van der Waals surface area contributed by atoms with Crippen LogP contribution in [0.15, 0.2) is 71.6 Å². The molecule has 224 valence electrons. The van der Waals surface area contributed by atoms with E-state index in [2.05, 4.69) is 5.32 Å². The molecular formula is C32H37Cl2N3O4S. The van der Waals surface area contributed by atoms with Crippen molar-refractivity contribution in [2.45, 2.75) is 76.4 Å². The zero-order valence-electron chi connectivity index (χ0n) is 24.1. The summed E-state index contributed by atoms with van der Waals surface area (Å²) in [5.74, 6) is -0.780. The number of hydrogen-bond acceptors (Lipinski definition) is 4. The van der Waals surface area contributed by atoms with E-state index in [4.69, 9.17) is 23.2 Å². The molecule has 1 aliphatic carbocycles. The molecule has 1 fully saturated rings. The van der Waals surface area contributed by atoms with E-state index in [0.717, 1.165) is 41.1 Å². The van der Waals surface area contributed by atoms with E-state index in [-0.39, 0.29) is 23.4 Å². The smallest absolute Gasteiger partial charge is 0.264 e. The Morgan fingerprint density at radius 1 is 0.952 bits per heavy atom. The minimum Gasteiger partial charge on any atom is -0.352 e. The number of aryl methyl sites for hydroxylation is 2. The first kappa shape index (κ1) is 31.9. The van der Waals surface area contributed by atoms with Gasteiger partial charge in [0.05, 0.1) is 10.6 Å². The average Bonchev–Trinajstić information content (AvgIpc) is 3.45. The first-order chi connectivity index (χ1) is 20.0. The van der Waals surface area contributed by atoms with Crippen LogP contribution in [0.4, 0.5) is 5.69 Å². The Labute approximate surface area is 258 Å². The number of carbonyl (C=O) groups excluding carboxylic acids is 2. The lowest BCUT2D eigenvalue weighted by Gasteiger charge is -2.34. The average molecular weight is 631 g/mol. The lowest BCUT2D eigenvalue weighted by molar-refractivity contribution is -0.140. The number of halogens is 2. The van der Waals surface area contributed by atoms with Gasteiger partial charge in [0.1, 0.15) is 12.6 Å². The molecule has 1 aliphatic rings. The molecule has 0 spiro atoms. The van der Waals surface area contributed by atoms with Crippen molar-refractivity contribution in [1.82, 2.24) is 10.2 Å². The number of hydrogen-bond donors (Lipinski definition) is 1. The van der Waals surface area contributed by atoms with Crippen molar-refractivity contribution in [3.8, 4) is 0 Å². The summed E-state index contributed by atoms with van der Waals surface area (Å²) in [6.45, 7) is 5.08. The van der Waals surface area contributed by atoms with Gasteiger partial charge in [0, 0.05) is 22.6 Å². The first-order valence-corrected chi connectivity index (χ1v) is 16.4. The van der Waals surface area contributed by atoms with Crippen molar-refractivity contribution >= 4 is 50.7 Å². The highest BCUT2D eigenvalue weighted by molar-refractivity contribution is 7.92. The molecule has 42 heavy (non-hydrogen) atoms. The molecule has 1 atom stereocenters. The fourth-order valence-corrected chi connectivity index (χ4v) is 7.14. The second-order valence-corrected chi connectivity index (χ2v) is 13.5. The Hall–Kier alpha value is -3.07. The Kier molecular flexibility index (Phi) is 10.6. The fraction of sp³-hybridized carbons (Fsp3) is 0.375. The van der Waals surface area contributed by atoms with E-state index in [9.17, 15) is 18.0 Å². The van der Waals surface area contributed by atoms with Crippen molar-refractivity contribution in [2.75, 3.05) is 10.8 Å². The van der Waals surface area contributed by atoms with Crippen LogP contribution in [0, 0.1) is 13.8 Å². The third-order valence-corrected chi connectivity index (χ3v) is 10.00. The van der Waals surface area contributed by atoms with Crippen LogP contribution in [-0.4, -0.2) is 43.8 Å². The van der Waals surface area contributed by atoms with Crippen molar-refractivity contribution in [3.63, 3.8) is 0 Å². The highest BCUT2D eigenvalue weighted by Gasteiger charge is 2.35. The molecule has 4 rings (SSSR count). The van der Waals surface area contributed by atoms with Gasteiger partial charge < -0.3 is 10.2 Å². The van der Waals surface area contributed by atoms with Crippen molar-refractivity contribution < 1.29 is 18.0 Å². The van der Waals surface area contributed by atoms with Crippen LogP contribution in [0.1, 0.15) is 55.7 Å². The Morgan fingerprint density at radius 3 is 2.26 bits per heavy atom. The molecule has 1 saturated carbocycles. The lowest BCUT2D eigenvalue weighted by atomic mass is 10.1. The number of benzene rings is 3. The number of carbonyl (C=O) groups is 2. The van der Waals surface area contributed by atoms with Crippen LogP contribution in [0.2, 0.25) is 10.0 Å². The second-order valence-electron chi connectivity index (χ2n) is 10.8. The predicted molar refractivity (Wildman–Crippen MR) is 168 cm³/mol. The molecule has 3 aromatic carbocycles. The Morgan fingerprint density at radius 2 is 1.64 bits per heavy atom. The number of anilines is 1. The third-order valence-electron chi connectivity index (χ3n) is 7.62. The standard InChI is InChI=1S/C32H37Cl2N3O4S/c1-4-30(32(39)35-26-9-5-6-10-26)36(20-24-14-15-25(33)19-29(24)34)31(38)21-37(27-11-7-8-23(3)18-27)42(40,41)28-16-12-22(2)13-17-28/h7-8,11-19,26,30H,4-6,9-10,20-21H2,1-3H3,(H,35,39)/t30-/m1/s1. The van der Waals surface area contributed by atoms with Gasteiger partial charge in [0.15, 0.2) is 0 Å². The van der Waals surface area contributed by atoms with Crippen molar-refractivity contribution in [3.05, 3.63) is 93.5 Å². The third kappa shape index (κ3) is 7.65. The van der Waals surface area contributed by atoms with Gasteiger partial charge in [-0.05, 0) is 80.6 Å². The molecule has 0 aliphatic heterocycles. The van der Waals surface area contributed by atoms with E-state index < -0.39 is 28.5 Å². The van der Waals surface area contributed by atoms with E-state index in [0.29, 0.717) is 27.7 Å². The van der Waals surface area contributed by atoms with E-state index in [1.807, 2.05) is 26.8 Å². The molecule has 0 aromatic heterocycles. The van der Waals surface area contributed by atoms with Gasteiger partial charge in [-0.15, -0.1) is 0 Å². The maximum Gasteiger partial charge on any atom is 0.264 e. The molecule has 0 heterocycles. The van der Waals surface area contributed by atoms with Gasteiger partial charge >= 0.3 is 0 Å². The van der Waals surface area contributed by atoms with Crippen molar-refractivity contribution in [1.29, 1.82) is 0 Å². The monoisotopic (exact) mass is 629 g/mol. The molecule has 1 N–H and O–H groups in total. The number of rotatable bonds is 11. The SMILES string of the molecule is CC[C@H](C(=O)NC1CCCC1)N(Cc1ccc(Cl)cc1Cl)C(=O)CN(c1cccc(C)c1)S(=O)(=O)c1ccc(C)cc1. The van der Waals surface area contributed by atoms with Gasteiger partial charge in [-0.2, -0.15) is 0 Å². The van der Waals surface area contributed by atoms with Crippen LogP contribution >= 0.6 is 23.2 Å². The van der Waals surface area contributed by atoms with Crippen molar-refractivity contribution in [2.24, 2.45) is 0 Å². The molecular weight excluding hydrogens is 593 g/mol. The van der Waals surface area contributed by atoms with Gasteiger partial charge in [-0.25, -0.2) is 8.42 Å². The minimum atomic E-state index is -4.13. The van der Waals surface area contributed by atoms with Crippen LogP contribution < -0.4 is 9.62 Å². The Balaban J connectivity index is 1.73. The van der Waals surface area contributed by atoms with Crippen LogP contribution in [-0.2, 0) is 26.2 Å². The highest BCUT2D eigenvalue weighted by atomic mass is 35.5. The molecule has 0 saturated heterocycles. The summed E-state index contributed by atoms with van der Waals surface area (Å²) in [7, 11) is -4.13. The summed E-state index contributed by atoms with van der Waals surface area (Å²) < 4.78 is 29.1. The predicted octanol–water partition coefficient (Wildman–Crippen LogP) is 6.67. The molecule has 7 nitrogen and oxygen atoms in total. The highest BCUT2D eigenvalue weighted by Crippen LogP contribution is 2.28. The van der Waals surface area contributed by atoms with Gasteiger partial charge in [-0.3, -0.25) is 13.9 Å². The van der Waals surface area contributed by atoms with Crippen LogP contribution in [0.3, 0.4) is 0 Å². The molecule has 10 heteroatoms. The molecule has 2 amide bonds. The van der Waals surface area contributed by atoms with Gasteiger partial charge in [0.25, 0.3) is 10.0 Å². The summed E-state index contributed by atoms with van der Waals surface area (Å²) in [5, 5.41) is 3.91. The Bertz CT molecular complexity index is 1520. The quantitative estimate of drug-likeness (QED) is 0.256. The normalized spacial score (nSPS) is 14.4. The molecule has 0 radical (unpaired) electrons. The fourth-order valence-electron chi connectivity index (χ4n) is 5.27. The van der Waals surface area contributed by atoms with Gasteiger partial charge in [0.2, 0.25) is 11.8 Å². The zero-order chi connectivity index (χ0) is 30.4. The number of nitrogens with one attached hydrogen (secondary N) is 1. The molecule has 0 bridgehead atoms. The number of amides is 2. The number of sulfonamides is 1. The summed E-state index contributed by atoms with van der Waals surface area (Å²) in [5.41, 5.74) is 2.72. The first-order valence-electron chi connectivity index (χ1n) is 14.2. The second kappa shape index (κ2) is 13.9. The van der Waals surface area contributed by atoms with Crippen LogP contribution in [0.5, 0.6) is 0 Å². The molecule has 3 aromatic rings. The van der Waals surface area contributed by atoms with E-state index in [1.54, 1.807) is 48.5 Å². The minimum absolute atomic E-state index is 0.0116. The summed E-state index contributed by atoms with van der Waals surface area (Å²) in [4.78, 5) is 29.3. The summed E-state index contributed by atoms with van der Waals surface area (Å²) in [6.07, 6.45) is 4.23. The topological polar surface area (TPSA) is 86.8 Å². The van der Waals surface area contributed by atoms with Crippen LogP contribution in [0.25, 0.3) is 0 Å².